The van der Waals surface area contributed by atoms with Gasteiger partial charge in [0.2, 0.25) is 0 Å². The minimum Gasteiger partial charge on any atom is -0.480 e. The van der Waals surface area contributed by atoms with Gasteiger partial charge in [-0.05, 0) is 12.8 Å². The van der Waals surface area contributed by atoms with Gasteiger partial charge in [-0.3, -0.25) is 10.1 Å². The minimum atomic E-state index is -0.832. The van der Waals surface area contributed by atoms with E-state index in [0.29, 0.717) is 52.6 Å². The molecule has 1 aliphatic heterocycles. The number of nitrogens with zero attached hydrogens (tertiary/aromatic N) is 9. The third-order valence-electron chi connectivity index (χ3n) is 7.93. The summed E-state index contributed by atoms with van der Waals surface area (Å²) in [5.74, 6) is -0.826. The minimum absolute atomic E-state index is 0.00610. The van der Waals surface area contributed by atoms with E-state index < -0.39 is 12.0 Å². The maximum Gasteiger partial charge on any atom is 0.320 e. The number of rotatable bonds is 20. The smallest absolute Gasteiger partial charge is 0.320 e. The van der Waals surface area contributed by atoms with Gasteiger partial charge >= 0.3 is 5.97 Å². The molecule has 15 heteroatoms. The van der Waals surface area contributed by atoms with Crippen LogP contribution in [0.1, 0.15) is 69.1 Å². The molecule has 2 atom stereocenters. The number of ether oxygens (including phenoxy) is 3. The third kappa shape index (κ3) is 9.61. The second kappa shape index (κ2) is 16.7. The van der Waals surface area contributed by atoms with Gasteiger partial charge in [0.15, 0.2) is 35.7 Å². The van der Waals surface area contributed by atoms with Crippen molar-refractivity contribution in [2.45, 2.75) is 90.9 Å². The van der Waals surface area contributed by atoms with Gasteiger partial charge in [-0.25, -0.2) is 0 Å². The number of aliphatic carboxylic acids is 1. The molecule has 0 spiro atoms. The lowest BCUT2D eigenvalue weighted by Crippen LogP contribution is -2.42. The molecule has 44 heavy (non-hydrogen) atoms. The number of unbranched alkanes of at least 4 members (excludes halogenated alkanes) is 2. The molecule has 0 bridgehead atoms. The monoisotopic (exact) mass is 619 g/mol. The van der Waals surface area contributed by atoms with Gasteiger partial charge in [0.25, 0.3) is 0 Å². The summed E-state index contributed by atoms with van der Waals surface area (Å²) < 4.78 is 29.7. The van der Waals surface area contributed by atoms with Crippen LogP contribution in [0, 0.1) is 5.92 Å². The van der Waals surface area contributed by atoms with Crippen LogP contribution in [-0.2, 0) is 73.1 Å². The van der Waals surface area contributed by atoms with E-state index in [1.807, 2.05) is 63.1 Å². The normalized spacial score (nSPS) is 16.9. The van der Waals surface area contributed by atoms with Crippen LogP contribution < -0.4 is 19.4 Å². The van der Waals surface area contributed by atoms with Crippen molar-refractivity contribution in [1.29, 1.82) is 0 Å². The van der Waals surface area contributed by atoms with E-state index in [1.165, 1.54) is 0 Å². The summed E-state index contributed by atoms with van der Waals surface area (Å²) in [5.41, 5.74) is 2.93. The Morgan fingerprint density at radius 1 is 0.864 bits per heavy atom. The highest BCUT2D eigenvalue weighted by atomic mass is 16.5. The predicted octanol–water partition coefficient (Wildman–Crippen LogP) is -0.0962. The Labute approximate surface area is 259 Å². The van der Waals surface area contributed by atoms with Gasteiger partial charge in [-0.2, -0.15) is 0 Å². The first-order chi connectivity index (χ1) is 21.3. The first kappa shape index (κ1) is 33.6. The van der Waals surface area contributed by atoms with Crippen molar-refractivity contribution in [3.05, 3.63) is 35.7 Å². The quantitative estimate of drug-likeness (QED) is 0.166. The Balaban J connectivity index is 1.31. The van der Waals surface area contributed by atoms with Crippen LogP contribution in [-0.4, -0.2) is 73.2 Å². The number of carbonyl (C=O) groups is 1. The fourth-order valence-electron chi connectivity index (χ4n) is 5.17. The molecule has 2 N–H and O–H groups in total. The molecule has 3 aromatic heterocycles. The van der Waals surface area contributed by atoms with E-state index in [1.54, 1.807) is 4.68 Å². The highest BCUT2D eigenvalue weighted by Gasteiger charge is 2.34. The first-order valence-corrected chi connectivity index (χ1v) is 15.8. The van der Waals surface area contributed by atoms with Gasteiger partial charge in [0, 0.05) is 18.9 Å². The van der Waals surface area contributed by atoms with Crippen molar-refractivity contribution >= 4 is 5.97 Å². The van der Waals surface area contributed by atoms with E-state index in [4.69, 9.17) is 14.2 Å². The molecule has 4 heterocycles. The van der Waals surface area contributed by atoms with Crippen LogP contribution in [0.3, 0.4) is 0 Å². The van der Waals surface area contributed by atoms with Crippen LogP contribution in [0.4, 0.5) is 0 Å². The van der Waals surface area contributed by atoms with Gasteiger partial charge in [-0.1, -0.05) is 26.7 Å². The molecule has 0 amide bonds. The third-order valence-corrected chi connectivity index (χ3v) is 7.93. The average molecular weight is 620 g/mol. The maximum atomic E-state index is 11.3. The summed E-state index contributed by atoms with van der Waals surface area (Å²) >= 11 is 0. The zero-order valence-electron chi connectivity index (χ0n) is 27.0. The molecule has 4 rings (SSSR count). The molecular weight excluding hydrogens is 568 g/mol. The molecule has 1 fully saturated rings. The summed E-state index contributed by atoms with van der Waals surface area (Å²) in [5, 5.41) is 26.0. The lowest BCUT2D eigenvalue weighted by Gasteiger charge is -2.16. The van der Waals surface area contributed by atoms with E-state index in [-0.39, 0.29) is 12.0 Å². The van der Waals surface area contributed by atoms with Crippen LogP contribution >= 0.6 is 0 Å². The topological polar surface area (TPSA) is 142 Å². The number of aromatic nitrogens is 9. The Morgan fingerprint density at radius 3 is 1.80 bits per heavy atom. The number of aryl methyl sites for hydroxylation is 5. The average Bonchev–Trinajstić information content (AvgIpc) is 3.78. The molecule has 1 saturated heterocycles. The van der Waals surface area contributed by atoms with Crippen LogP contribution in [0.15, 0.2) is 18.6 Å². The first-order valence-electron chi connectivity index (χ1n) is 15.8. The lowest BCUT2D eigenvalue weighted by atomic mass is 10.2. The van der Waals surface area contributed by atoms with Gasteiger partial charge in [0.05, 0.1) is 35.5 Å². The highest BCUT2D eigenvalue weighted by Crippen LogP contribution is 2.14. The van der Waals surface area contributed by atoms with Crippen LogP contribution in [0.25, 0.3) is 0 Å². The Kier molecular flexibility index (Phi) is 12.8. The summed E-state index contributed by atoms with van der Waals surface area (Å²) in [6, 6.07) is -0.554. The fraction of sp³-hybridized carbons (Fsp3) is 0.759. The van der Waals surface area contributed by atoms with Crippen molar-refractivity contribution in [3.63, 3.8) is 0 Å². The van der Waals surface area contributed by atoms with E-state index in [0.717, 1.165) is 55.9 Å². The number of carboxylic acid groups (broad SMARTS) is 1. The van der Waals surface area contributed by atoms with Crippen molar-refractivity contribution in [2.75, 3.05) is 26.4 Å². The molecule has 0 saturated carbocycles. The van der Waals surface area contributed by atoms with E-state index >= 15 is 0 Å². The Hall–Kier alpha value is -3.27. The molecule has 3 aromatic rings. The molecule has 1 aliphatic rings. The molecule has 244 valence electrons. The molecule has 0 aliphatic carbocycles. The second-order valence-electron chi connectivity index (χ2n) is 11.7. The molecular formula is C29H51N10O5+3. The summed E-state index contributed by atoms with van der Waals surface area (Å²) in [6.45, 7) is 9.36. The number of nitrogens with one attached hydrogen (secondary N) is 1. The van der Waals surface area contributed by atoms with Crippen molar-refractivity contribution in [3.8, 4) is 0 Å². The number of carboxylic acids is 1. The zero-order chi connectivity index (χ0) is 31.5. The molecule has 15 nitrogen and oxygen atoms in total. The maximum absolute atomic E-state index is 11.3. The number of hydrogen-bond acceptors (Lipinski definition) is 8. The Morgan fingerprint density at radius 2 is 1.34 bits per heavy atom. The molecule has 0 unspecified atom stereocenters. The van der Waals surface area contributed by atoms with Crippen molar-refractivity contribution in [1.82, 2.24) is 35.0 Å². The van der Waals surface area contributed by atoms with Gasteiger partial charge in [-0.15, -0.1) is 28.1 Å². The standard InChI is InChI=1S/C29H50N10O5/c1-6-8-10-37-14-25(34(3)31-37)20-42-17-23(18-43-21-26-15-38(11-9-7-2)32-35(26)4)19-44-22-27-16-39(33-36(27)5)24-12-28(29(40)41)30-13-24/h14-16,23-24,28,30H,6-13,17-22H2,1-5H3/q+2/p+1/t24-,28-/m0/s1. The summed E-state index contributed by atoms with van der Waals surface area (Å²) in [7, 11) is 5.75. The van der Waals surface area contributed by atoms with Gasteiger partial charge in [0.1, 0.15) is 66.1 Å². The van der Waals surface area contributed by atoms with E-state index in [2.05, 4.69) is 34.8 Å². The predicted molar refractivity (Wildman–Crippen MR) is 156 cm³/mol. The van der Waals surface area contributed by atoms with E-state index in [9.17, 15) is 9.90 Å². The SMILES string of the molecule is CCCC[n+]1cc(COCC(COCc2c[n+](CCCC)nn2C)COCc2c[n+]([C@@H]3CN[C@H](C(=O)O)C3)nn2C)n(C)n1. The van der Waals surface area contributed by atoms with Crippen molar-refractivity contribution < 1.29 is 38.2 Å². The summed E-state index contributed by atoms with van der Waals surface area (Å²) in [4.78, 5) is 11.3. The van der Waals surface area contributed by atoms with Crippen LogP contribution in [0.5, 0.6) is 0 Å². The zero-order valence-corrected chi connectivity index (χ0v) is 27.0. The summed E-state index contributed by atoms with van der Waals surface area (Å²) in [6.07, 6.45) is 10.9. The Bertz CT molecular complexity index is 1260. The highest BCUT2D eigenvalue weighted by molar-refractivity contribution is 5.73. The largest absolute Gasteiger partial charge is 0.480 e. The van der Waals surface area contributed by atoms with Gasteiger partial charge < -0.3 is 19.3 Å². The molecule has 0 radical (unpaired) electrons. The fourth-order valence-corrected chi connectivity index (χ4v) is 5.17. The lowest BCUT2D eigenvalue weighted by molar-refractivity contribution is -0.775. The van der Waals surface area contributed by atoms with Crippen molar-refractivity contribution in [2.24, 2.45) is 27.1 Å². The second-order valence-corrected chi connectivity index (χ2v) is 11.7. The number of hydrogen-bond donors (Lipinski definition) is 2. The molecule has 0 aromatic carbocycles. The van der Waals surface area contributed by atoms with Crippen LogP contribution in [0.2, 0.25) is 0 Å².